The summed E-state index contributed by atoms with van der Waals surface area (Å²) < 4.78 is 6.26. The van der Waals surface area contributed by atoms with E-state index in [0.717, 1.165) is 46.3 Å². The van der Waals surface area contributed by atoms with E-state index in [-0.39, 0.29) is 5.54 Å². The molecule has 0 N–H and O–H groups in total. The monoisotopic (exact) mass is 488 g/mol. The van der Waals surface area contributed by atoms with Gasteiger partial charge in [0.2, 0.25) is 0 Å². The van der Waals surface area contributed by atoms with E-state index in [2.05, 4.69) is 103 Å². The van der Waals surface area contributed by atoms with Crippen LogP contribution in [0.2, 0.25) is 0 Å². The highest BCUT2D eigenvalue weighted by atomic mass is 16.3. The van der Waals surface area contributed by atoms with Crippen molar-refractivity contribution in [2.24, 2.45) is 16.8 Å². The summed E-state index contributed by atoms with van der Waals surface area (Å²) in [6.45, 7) is 0. The largest absolute Gasteiger partial charge is 0.456 e. The smallest absolute Gasteiger partial charge is 0.135 e. The molecule has 1 spiro atoms. The van der Waals surface area contributed by atoms with Crippen molar-refractivity contribution in [2.45, 2.75) is 18.4 Å². The minimum absolute atomic E-state index is 0.200. The van der Waals surface area contributed by atoms with Crippen LogP contribution in [0.15, 0.2) is 100 Å². The molecule has 0 radical (unpaired) electrons. The summed E-state index contributed by atoms with van der Waals surface area (Å²) in [4.78, 5) is 10.2. The van der Waals surface area contributed by atoms with Gasteiger partial charge < -0.3 is 4.42 Å². The van der Waals surface area contributed by atoms with Crippen molar-refractivity contribution < 1.29 is 4.42 Å². The van der Waals surface area contributed by atoms with Crippen LogP contribution in [0.4, 0.5) is 0 Å². The fourth-order valence-electron chi connectivity index (χ4n) is 6.88. The Morgan fingerprint density at radius 3 is 2.66 bits per heavy atom. The highest BCUT2D eigenvalue weighted by Gasteiger charge is 2.66. The van der Waals surface area contributed by atoms with E-state index in [1.54, 1.807) is 0 Å². The van der Waals surface area contributed by atoms with Gasteiger partial charge in [0.05, 0.1) is 11.4 Å². The second kappa shape index (κ2) is 7.29. The first-order chi connectivity index (χ1) is 18.8. The normalized spacial score (nSPS) is 23.8. The van der Waals surface area contributed by atoms with Crippen molar-refractivity contribution in [1.82, 2.24) is 4.98 Å². The summed E-state index contributed by atoms with van der Waals surface area (Å²) in [6.07, 6.45) is 17.5. The minimum atomic E-state index is -0.200. The van der Waals surface area contributed by atoms with Crippen molar-refractivity contribution in [3.63, 3.8) is 0 Å². The molecule has 1 saturated carbocycles. The van der Waals surface area contributed by atoms with Crippen LogP contribution in [0, 0.1) is 11.8 Å². The SMILES string of the molecule is C1=CC2C3C=Cc4ccc(-c5cccc(-c6ccc7oc8cc9c(cc8c7c6)C=CCC9)c5)nc4C23N=C1. The van der Waals surface area contributed by atoms with Gasteiger partial charge in [-0.05, 0) is 83.1 Å². The maximum Gasteiger partial charge on any atom is 0.135 e. The lowest BCUT2D eigenvalue weighted by Crippen LogP contribution is -2.16. The Bertz CT molecular complexity index is 1950. The number of nitrogens with zero attached hydrogens (tertiary/aromatic N) is 2. The number of allylic oxidation sites excluding steroid dienone is 2. The Balaban J connectivity index is 1.14. The van der Waals surface area contributed by atoms with Crippen LogP contribution in [-0.2, 0) is 12.0 Å². The second-order valence-electron chi connectivity index (χ2n) is 10.9. The van der Waals surface area contributed by atoms with Gasteiger partial charge in [-0.3, -0.25) is 4.99 Å². The molecule has 9 rings (SSSR count). The number of hydrogen-bond donors (Lipinski definition) is 0. The summed E-state index contributed by atoms with van der Waals surface area (Å²) in [5.41, 5.74) is 11.2. The van der Waals surface area contributed by atoms with E-state index in [9.17, 15) is 0 Å². The van der Waals surface area contributed by atoms with Gasteiger partial charge in [-0.1, -0.05) is 60.7 Å². The van der Waals surface area contributed by atoms with E-state index in [0.29, 0.717) is 11.8 Å². The lowest BCUT2D eigenvalue weighted by Gasteiger charge is -2.20. The number of dihydropyridines is 1. The van der Waals surface area contributed by atoms with Crippen LogP contribution in [-0.4, -0.2) is 11.2 Å². The zero-order valence-electron chi connectivity index (χ0n) is 20.8. The first-order valence-corrected chi connectivity index (χ1v) is 13.5. The van der Waals surface area contributed by atoms with Crippen molar-refractivity contribution >= 4 is 40.3 Å². The van der Waals surface area contributed by atoms with Crippen molar-refractivity contribution in [3.05, 3.63) is 113 Å². The van der Waals surface area contributed by atoms with Crippen LogP contribution in [0.25, 0.3) is 56.5 Å². The molecule has 2 aromatic heterocycles. The third-order valence-electron chi connectivity index (χ3n) is 8.88. The molecule has 5 aromatic rings. The molecule has 4 aliphatic rings. The highest BCUT2D eigenvalue weighted by molar-refractivity contribution is 6.07. The quantitative estimate of drug-likeness (QED) is 0.250. The average molecular weight is 489 g/mol. The molecule has 3 heterocycles. The minimum Gasteiger partial charge on any atom is -0.456 e. The predicted octanol–water partition coefficient (Wildman–Crippen LogP) is 8.38. The van der Waals surface area contributed by atoms with Gasteiger partial charge in [0.25, 0.3) is 0 Å². The molecule has 180 valence electrons. The molecule has 1 aliphatic heterocycles. The molecule has 3 heteroatoms. The average Bonchev–Trinajstić information content (AvgIpc) is 3.54. The summed E-state index contributed by atoms with van der Waals surface area (Å²) in [5, 5.41) is 2.35. The van der Waals surface area contributed by atoms with E-state index in [1.165, 1.54) is 33.2 Å². The summed E-state index contributed by atoms with van der Waals surface area (Å²) in [7, 11) is 0. The summed E-state index contributed by atoms with van der Waals surface area (Å²) in [6, 6.07) is 24.1. The first kappa shape index (κ1) is 20.5. The number of benzene rings is 3. The zero-order valence-corrected chi connectivity index (χ0v) is 20.8. The molecule has 3 unspecified atom stereocenters. The van der Waals surface area contributed by atoms with Gasteiger partial charge in [0, 0.05) is 34.4 Å². The van der Waals surface area contributed by atoms with Gasteiger partial charge in [0.15, 0.2) is 0 Å². The summed E-state index contributed by atoms with van der Waals surface area (Å²) in [5.74, 6) is 0.855. The standard InChI is InChI=1S/C35H24N2O/c1-2-6-24-20-33-28(18-23(24)5-1)27-19-25(12-15-32(27)38-33)22-7-3-8-26(17-22)31-14-11-21-10-13-30-29-9-4-16-36-35(29,30)34(21)37-31/h1,3-5,7-20,29-30H,2,6H2. The number of hydrogen-bond acceptors (Lipinski definition) is 3. The molecule has 0 saturated heterocycles. The predicted molar refractivity (Wildman–Crippen MR) is 155 cm³/mol. The van der Waals surface area contributed by atoms with Crippen LogP contribution in [0.5, 0.6) is 0 Å². The van der Waals surface area contributed by atoms with Crippen LogP contribution in [0.3, 0.4) is 0 Å². The Kier molecular flexibility index (Phi) is 3.94. The van der Waals surface area contributed by atoms with Gasteiger partial charge >= 0.3 is 0 Å². The van der Waals surface area contributed by atoms with Crippen LogP contribution < -0.4 is 0 Å². The van der Waals surface area contributed by atoms with Crippen LogP contribution in [0.1, 0.15) is 28.8 Å². The van der Waals surface area contributed by atoms with E-state index >= 15 is 0 Å². The number of aromatic nitrogens is 1. The molecule has 3 atom stereocenters. The Labute approximate surface area is 220 Å². The maximum absolute atomic E-state index is 6.26. The Morgan fingerprint density at radius 2 is 1.66 bits per heavy atom. The second-order valence-corrected chi connectivity index (χ2v) is 10.9. The highest BCUT2D eigenvalue weighted by Crippen LogP contribution is 2.65. The number of aryl methyl sites for hydroxylation is 1. The Morgan fingerprint density at radius 1 is 0.763 bits per heavy atom. The molecular formula is C35H24N2O. The van der Waals surface area contributed by atoms with Crippen molar-refractivity contribution in [1.29, 1.82) is 0 Å². The number of pyridine rings is 1. The lowest BCUT2D eigenvalue weighted by molar-refractivity contribution is 0.644. The van der Waals surface area contributed by atoms with E-state index in [4.69, 9.17) is 14.4 Å². The molecule has 1 fully saturated rings. The fourth-order valence-corrected chi connectivity index (χ4v) is 6.88. The van der Waals surface area contributed by atoms with Gasteiger partial charge in [-0.15, -0.1) is 0 Å². The van der Waals surface area contributed by atoms with E-state index in [1.807, 2.05) is 6.21 Å². The number of furan rings is 1. The number of aliphatic imine (C=N–C) groups is 1. The molecule has 3 aromatic carbocycles. The maximum atomic E-state index is 6.26. The van der Waals surface area contributed by atoms with Crippen molar-refractivity contribution in [2.75, 3.05) is 0 Å². The van der Waals surface area contributed by atoms with Gasteiger partial charge in [-0.2, -0.15) is 0 Å². The molecular weight excluding hydrogens is 464 g/mol. The molecule has 0 amide bonds. The van der Waals surface area contributed by atoms with Crippen molar-refractivity contribution in [3.8, 4) is 22.4 Å². The summed E-state index contributed by atoms with van der Waals surface area (Å²) >= 11 is 0. The lowest BCUT2D eigenvalue weighted by atomic mass is 9.94. The molecule has 0 bridgehead atoms. The molecule has 3 nitrogen and oxygen atoms in total. The van der Waals surface area contributed by atoms with Gasteiger partial charge in [-0.25, -0.2) is 4.98 Å². The van der Waals surface area contributed by atoms with Crippen LogP contribution >= 0.6 is 0 Å². The fraction of sp³-hybridized carbons (Fsp3) is 0.143. The third-order valence-corrected chi connectivity index (χ3v) is 8.88. The van der Waals surface area contributed by atoms with E-state index < -0.39 is 0 Å². The molecule has 38 heavy (non-hydrogen) atoms. The molecule has 3 aliphatic carbocycles. The Hall–Kier alpha value is -4.50. The van der Waals surface area contributed by atoms with Gasteiger partial charge in [0.1, 0.15) is 16.7 Å². The topological polar surface area (TPSA) is 38.4 Å². The number of fused-ring (bicyclic) bond motifs is 6. The first-order valence-electron chi connectivity index (χ1n) is 13.5. The third kappa shape index (κ3) is 2.74. The zero-order chi connectivity index (χ0) is 24.8. The number of rotatable bonds is 2.